The van der Waals surface area contributed by atoms with Crippen LogP contribution in [0.2, 0.25) is 0 Å². The maximum atomic E-state index is 5.70. The van der Waals surface area contributed by atoms with Crippen LogP contribution in [0.5, 0.6) is 0 Å². The number of allylic oxidation sites excluding steroid dienone is 1. The van der Waals surface area contributed by atoms with Crippen molar-refractivity contribution < 1.29 is 0 Å². The number of nitrogens with zero attached hydrogens (tertiary/aromatic N) is 2. The van der Waals surface area contributed by atoms with Gasteiger partial charge in [-0.15, -0.1) is 0 Å². The molecule has 0 fully saturated rings. The fraction of sp³-hybridized carbons (Fsp3) is 0.167. The van der Waals surface area contributed by atoms with Gasteiger partial charge < -0.3 is 5.32 Å². The number of dihydropyridines is 1. The van der Waals surface area contributed by atoms with E-state index in [9.17, 15) is 0 Å². The molecule has 2 aliphatic heterocycles. The molecule has 2 rings (SSSR count). The van der Waals surface area contributed by atoms with Crippen molar-refractivity contribution in [2.24, 2.45) is 9.98 Å². The number of fused-ring (bicyclic) bond motifs is 1. The first-order chi connectivity index (χ1) is 5.25. The van der Waals surface area contributed by atoms with Crippen molar-refractivity contribution in [1.82, 2.24) is 5.32 Å². The van der Waals surface area contributed by atoms with Gasteiger partial charge in [-0.05, 0) is 18.3 Å². The molecule has 3 nitrogen and oxygen atoms in total. The topological polar surface area (TPSA) is 36.8 Å². The zero-order valence-electron chi connectivity index (χ0n) is 5.41. The number of hydrogen-bond acceptors (Lipinski definition) is 2. The van der Waals surface area contributed by atoms with Crippen LogP contribution in [-0.2, 0) is 0 Å². The smallest absolute Gasteiger partial charge is 0.195 e. The van der Waals surface area contributed by atoms with Crippen LogP contribution in [0.3, 0.4) is 0 Å². The molecule has 2 aliphatic rings. The van der Waals surface area contributed by atoms with Gasteiger partial charge in [-0.25, -0.2) is 9.98 Å². The van der Waals surface area contributed by atoms with E-state index in [1.54, 1.807) is 6.21 Å². The summed E-state index contributed by atoms with van der Waals surface area (Å²) in [6, 6.07) is -0.0139. The van der Waals surface area contributed by atoms with Crippen molar-refractivity contribution in [3.05, 3.63) is 11.1 Å². The summed E-state index contributed by atoms with van der Waals surface area (Å²) >= 11 is 10.5. The van der Waals surface area contributed by atoms with E-state index in [2.05, 4.69) is 15.3 Å². The lowest BCUT2D eigenvalue weighted by atomic mass is 10.2. The van der Waals surface area contributed by atoms with E-state index in [-0.39, 0.29) is 6.04 Å². The summed E-state index contributed by atoms with van der Waals surface area (Å²) in [5.41, 5.74) is 0. The van der Waals surface area contributed by atoms with Gasteiger partial charge in [-0.1, -0.05) is 11.6 Å². The van der Waals surface area contributed by atoms with E-state index in [4.69, 9.17) is 23.8 Å². The fourth-order valence-electron chi connectivity index (χ4n) is 0.959. The SMILES string of the molecule is S=C1N=C2N=CC(Cl)=CC2N1. The molecule has 0 aromatic carbocycles. The quantitative estimate of drug-likeness (QED) is 0.568. The van der Waals surface area contributed by atoms with Crippen LogP contribution >= 0.6 is 23.8 Å². The summed E-state index contributed by atoms with van der Waals surface area (Å²) in [6.07, 6.45) is 3.39. The maximum absolute atomic E-state index is 5.70. The zero-order chi connectivity index (χ0) is 7.84. The Bertz CT molecular complexity index is 305. The Morgan fingerprint density at radius 3 is 3.27 bits per heavy atom. The average molecular weight is 186 g/mol. The van der Waals surface area contributed by atoms with Gasteiger partial charge in [0.25, 0.3) is 0 Å². The Morgan fingerprint density at radius 1 is 1.64 bits per heavy atom. The van der Waals surface area contributed by atoms with Gasteiger partial charge in [-0.3, -0.25) is 0 Å². The molecule has 0 saturated carbocycles. The standard InChI is InChI=1S/C6H4ClN3S/c7-3-1-4-5(8-2-3)10-6(11)9-4/h1-2,4H,(H,9,11). The van der Waals surface area contributed by atoms with Crippen LogP contribution in [0.4, 0.5) is 0 Å². The lowest BCUT2D eigenvalue weighted by Gasteiger charge is -2.08. The highest BCUT2D eigenvalue weighted by atomic mass is 35.5. The Balaban J connectivity index is 2.36. The number of aliphatic imine (C=N–C) groups is 2. The van der Waals surface area contributed by atoms with E-state index in [1.165, 1.54) is 0 Å². The van der Waals surface area contributed by atoms with Gasteiger partial charge in [0.2, 0.25) is 0 Å². The first-order valence-corrected chi connectivity index (χ1v) is 3.85. The predicted octanol–water partition coefficient (Wildman–Crippen LogP) is 0.849. The molecule has 0 saturated heterocycles. The van der Waals surface area contributed by atoms with Gasteiger partial charge in [0.1, 0.15) is 6.04 Å². The summed E-state index contributed by atoms with van der Waals surface area (Å²) < 4.78 is 0. The molecule has 11 heavy (non-hydrogen) atoms. The minimum absolute atomic E-state index is 0.0139. The summed E-state index contributed by atoms with van der Waals surface area (Å²) in [6.45, 7) is 0. The third kappa shape index (κ3) is 1.19. The third-order valence-corrected chi connectivity index (χ3v) is 1.85. The lowest BCUT2D eigenvalue weighted by molar-refractivity contribution is 0.953. The van der Waals surface area contributed by atoms with Gasteiger partial charge in [0.15, 0.2) is 10.9 Å². The van der Waals surface area contributed by atoms with Crippen molar-refractivity contribution >= 4 is 41.0 Å². The van der Waals surface area contributed by atoms with Crippen LogP contribution in [0.15, 0.2) is 21.1 Å². The summed E-state index contributed by atoms with van der Waals surface area (Å²) in [5.74, 6) is 0.694. The van der Waals surface area contributed by atoms with Crippen LogP contribution in [-0.4, -0.2) is 23.2 Å². The van der Waals surface area contributed by atoms with Crippen LogP contribution in [0, 0.1) is 0 Å². The largest absolute Gasteiger partial charge is 0.347 e. The summed E-state index contributed by atoms with van der Waals surface area (Å²) in [5, 5.41) is 4.03. The molecule has 0 aromatic rings. The van der Waals surface area contributed by atoms with Crippen molar-refractivity contribution in [1.29, 1.82) is 0 Å². The Morgan fingerprint density at radius 2 is 2.45 bits per heavy atom. The first-order valence-electron chi connectivity index (χ1n) is 3.06. The summed E-state index contributed by atoms with van der Waals surface area (Å²) in [7, 11) is 0. The van der Waals surface area contributed by atoms with E-state index in [0.717, 1.165) is 0 Å². The number of amidine groups is 1. The average Bonchev–Trinajstić information content (AvgIpc) is 2.27. The number of halogens is 1. The van der Waals surface area contributed by atoms with Crippen LogP contribution in [0.1, 0.15) is 0 Å². The number of thiocarbonyl (C=S) groups is 1. The van der Waals surface area contributed by atoms with E-state index >= 15 is 0 Å². The van der Waals surface area contributed by atoms with Crippen molar-refractivity contribution in [3.63, 3.8) is 0 Å². The van der Waals surface area contributed by atoms with E-state index in [1.807, 2.05) is 6.08 Å². The molecule has 0 aliphatic carbocycles. The molecular weight excluding hydrogens is 182 g/mol. The van der Waals surface area contributed by atoms with Gasteiger partial charge in [0, 0.05) is 6.21 Å². The highest BCUT2D eigenvalue weighted by Crippen LogP contribution is 2.12. The number of hydrogen-bond donors (Lipinski definition) is 1. The molecule has 0 bridgehead atoms. The molecule has 56 valence electrons. The number of rotatable bonds is 0. The van der Waals surface area contributed by atoms with Crippen molar-refractivity contribution in [2.45, 2.75) is 6.04 Å². The molecule has 0 amide bonds. The summed E-state index contributed by atoms with van der Waals surface area (Å²) in [4.78, 5) is 7.98. The molecule has 0 aromatic heterocycles. The second kappa shape index (κ2) is 2.39. The maximum Gasteiger partial charge on any atom is 0.195 e. The third-order valence-electron chi connectivity index (χ3n) is 1.42. The van der Waals surface area contributed by atoms with E-state index < -0.39 is 0 Å². The van der Waals surface area contributed by atoms with Gasteiger partial charge in [0.05, 0.1) is 5.03 Å². The predicted molar refractivity (Wildman–Crippen MR) is 49.4 cm³/mol. The number of nitrogens with one attached hydrogen (secondary N) is 1. The Kier molecular flexibility index (Phi) is 1.51. The molecule has 0 spiro atoms. The van der Waals surface area contributed by atoms with Crippen LogP contribution in [0.25, 0.3) is 0 Å². The minimum atomic E-state index is -0.0139. The molecule has 1 atom stereocenters. The molecule has 1 unspecified atom stereocenters. The second-order valence-corrected chi connectivity index (χ2v) is 3.03. The highest BCUT2D eigenvalue weighted by Gasteiger charge is 2.23. The van der Waals surface area contributed by atoms with Gasteiger partial charge >= 0.3 is 0 Å². The second-order valence-electron chi connectivity index (χ2n) is 2.21. The molecular formula is C6H4ClN3S. The van der Waals surface area contributed by atoms with Crippen LogP contribution < -0.4 is 5.32 Å². The van der Waals surface area contributed by atoms with E-state index in [0.29, 0.717) is 16.0 Å². The highest BCUT2D eigenvalue weighted by molar-refractivity contribution is 7.80. The fourth-order valence-corrected chi connectivity index (χ4v) is 1.35. The molecule has 1 N–H and O–H groups in total. The monoisotopic (exact) mass is 185 g/mol. The molecule has 5 heteroatoms. The molecule has 0 radical (unpaired) electrons. The zero-order valence-corrected chi connectivity index (χ0v) is 6.99. The lowest BCUT2D eigenvalue weighted by Crippen LogP contribution is -2.30. The Labute approximate surface area is 73.9 Å². The Hall–Kier alpha value is -0.740. The first kappa shape index (κ1) is 6.94. The van der Waals surface area contributed by atoms with Crippen molar-refractivity contribution in [3.8, 4) is 0 Å². The molecule has 2 heterocycles. The normalized spacial score (nSPS) is 27.4. The van der Waals surface area contributed by atoms with Crippen molar-refractivity contribution in [2.75, 3.05) is 0 Å². The van der Waals surface area contributed by atoms with Gasteiger partial charge in [-0.2, -0.15) is 0 Å². The minimum Gasteiger partial charge on any atom is -0.347 e.